The van der Waals surface area contributed by atoms with Crippen LogP contribution in [0.1, 0.15) is 83.3 Å². The van der Waals surface area contributed by atoms with E-state index in [1.165, 1.54) is 6.07 Å². The summed E-state index contributed by atoms with van der Waals surface area (Å²) in [6.07, 6.45) is 2.27. The first-order valence-electron chi connectivity index (χ1n) is 16.4. The van der Waals surface area contributed by atoms with Crippen LogP contribution in [0, 0.1) is 40.7 Å². The van der Waals surface area contributed by atoms with Gasteiger partial charge in [0, 0.05) is 31.3 Å². The molecule has 0 bridgehead atoms. The average molecular weight is 639 g/mol. The van der Waals surface area contributed by atoms with Crippen LogP contribution in [0.15, 0.2) is 48.5 Å². The molecule has 0 radical (unpaired) electrons. The van der Waals surface area contributed by atoms with Crippen LogP contribution >= 0.6 is 0 Å². The Morgan fingerprint density at radius 1 is 1.07 bits per heavy atom. The van der Waals surface area contributed by atoms with Crippen LogP contribution in [-0.4, -0.2) is 58.5 Å². The number of amides is 1. The number of carbonyl (C=O) groups excluding carboxylic acids is 4. The lowest BCUT2D eigenvalue weighted by molar-refractivity contribution is -0.142. The zero-order valence-corrected chi connectivity index (χ0v) is 27.4. The van der Waals surface area contributed by atoms with Crippen LogP contribution in [0.5, 0.6) is 0 Å². The standard InChI is InChI=1S/C37H48F2N2O5/c1-22-16-33(44)27(35(22)46)11-13-32(43)31(40)14-15-41(34(45)21-42)36(37(2,3)4)29-19-25(28-20-26(38)10-12-30(28)39)18-24(29)17-23-8-6-5-7-9-23/h5-10,12,20,22,24-25,27,29,31,36,42H,11,13-19,21,40H2,1-4H3/t22?,24?,25?,27?,29?,31-,36-/m0/s1. The number of aliphatic hydroxyl groups is 1. The summed E-state index contributed by atoms with van der Waals surface area (Å²) in [5, 5.41) is 10.1. The van der Waals surface area contributed by atoms with E-state index in [0.717, 1.165) is 17.7 Å². The SMILES string of the molecule is CC1CC(=O)C(CCC(=O)[C@@H](N)CCN(C(=O)CO)[C@@H](C2CC(c3cc(F)ccc3F)CC2Cc2ccccc2)C(C)(C)C)C1=O. The molecule has 0 spiro atoms. The first-order chi connectivity index (χ1) is 21.7. The Morgan fingerprint density at radius 2 is 1.76 bits per heavy atom. The highest BCUT2D eigenvalue weighted by molar-refractivity contribution is 6.10. The minimum atomic E-state index is -0.920. The molecule has 4 rings (SSSR count). The molecule has 1 amide bonds. The van der Waals surface area contributed by atoms with Crippen LogP contribution in [-0.2, 0) is 25.6 Å². The Balaban J connectivity index is 1.57. The second-order valence-corrected chi connectivity index (χ2v) is 14.4. The van der Waals surface area contributed by atoms with Crippen molar-refractivity contribution in [3.63, 3.8) is 0 Å². The smallest absolute Gasteiger partial charge is 0.248 e. The van der Waals surface area contributed by atoms with Crippen molar-refractivity contribution in [3.05, 3.63) is 71.3 Å². The number of carbonyl (C=O) groups is 4. The third-order valence-electron chi connectivity index (χ3n) is 10.1. The number of aliphatic hydroxyl groups excluding tert-OH is 1. The van der Waals surface area contributed by atoms with Crippen LogP contribution in [0.25, 0.3) is 0 Å². The van der Waals surface area contributed by atoms with Gasteiger partial charge in [-0.05, 0) is 84.6 Å². The van der Waals surface area contributed by atoms with Gasteiger partial charge in [0.15, 0.2) is 0 Å². The normalized spacial score (nSPS) is 24.7. The minimum Gasteiger partial charge on any atom is -0.387 e. The van der Waals surface area contributed by atoms with Gasteiger partial charge in [0.2, 0.25) is 5.91 Å². The lowest BCUT2D eigenvalue weighted by Gasteiger charge is -2.46. The molecule has 2 saturated carbocycles. The molecule has 5 unspecified atom stereocenters. The number of ketones is 3. The molecule has 3 N–H and O–H groups in total. The van der Waals surface area contributed by atoms with Gasteiger partial charge in [-0.1, -0.05) is 58.0 Å². The van der Waals surface area contributed by atoms with Crippen molar-refractivity contribution >= 4 is 23.3 Å². The van der Waals surface area contributed by atoms with Gasteiger partial charge in [0.25, 0.3) is 0 Å². The van der Waals surface area contributed by atoms with E-state index in [1.54, 1.807) is 11.8 Å². The van der Waals surface area contributed by atoms with E-state index in [1.807, 2.05) is 51.1 Å². The van der Waals surface area contributed by atoms with Gasteiger partial charge < -0.3 is 15.7 Å². The highest BCUT2D eigenvalue weighted by atomic mass is 19.1. The number of halogens is 2. The predicted molar refractivity (Wildman–Crippen MR) is 172 cm³/mol. The fraction of sp³-hybridized carbons (Fsp3) is 0.568. The Morgan fingerprint density at radius 3 is 2.37 bits per heavy atom. The van der Waals surface area contributed by atoms with Crippen LogP contribution in [0.4, 0.5) is 8.78 Å². The van der Waals surface area contributed by atoms with Gasteiger partial charge >= 0.3 is 0 Å². The lowest BCUT2D eigenvalue weighted by Crippen LogP contribution is -2.54. The second-order valence-electron chi connectivity index (χ2n) is 14.4. The van der Waals surface area contributed by atoms with Crippen molar-refractivity contribution in [1.29, 1.82) is 0 Å². The third kappa shape index (κ3) is 8.34. The topological polar surface area (TPSA) is 118 Å². The zero-order valence-electron chi connectivity index (χ0n) is 27.4. The molecule has 46 heavy (non-hydrogen) atoms. The second kappa shape index (κ2) is 15.1. The summed E-state index contributed by atoms with van der Waals surface area (Å²) in [7, 11) is 0. The van der Waals surface area contributed by atoms with Crippen molar-refractivity contribution in [2.24, 2.45) is 34.8 Å². The summed E-state index contributed by atoms with van der Waals surface area (Å²) in [4.78, 5) is 52.6. The van der Waals surface area contributed by atoms with Crippen molar-refractivity contribution in [2.45, 2.75) is 90.6 Å². The maximum atomic E-state index is 15.0. The lowest BCUT2D eigenvalue weighted by atomic mass is 9.72. The van der Waals surface area contributed by atoms with Gasteiger partial charge in [0.1, 0.15) is 35.6 Å². The first-order valence-corrected chi connectivity index (χ1v) is 16.4. The minimum absolute atomic E-state index is 0.00463. The van der Waals surface area contributed by atoms with E-state index in [4.69, 9.17) is 5.73 Å². The quantitative estimate of drug-likeness (QED) is 0.283. The number of rotatable bonds is 13. The molecule has 0 aliphatic heterocycles. The van der Waals surface area contributed by atoms with E-state index in [9.17, 15) is 28.7 Å². The summed E-state index contributed by atoms with van der Waals surface area (Å²) in [5.41, 5.74) is 7.27. The summed E-state index contributed by atoms with van der Waals surface area (Å²) in [6, 6.07) is 12.1. The molecule has 2 aliphatic carbocycles. The molecule has 7 atom stereocenters. The summed E-state index contributed by atoms with van der Waals surface area (Å²) in [6.45, 7) is 7.17. The predicted octanol–water partition coefficient (Wildman–Crippen LogP) is 5.41. The molecule has 2 fully saturated rings. The number of nitrogens with two attached hydrogens (primary N) is 1. The number of hydrogen-bond donors (Lipinski definition) is 2. The molecule has 9 heteroatoms. The Kier molecular flexibility index (Phi) is 11.6. The summed E-state index contributed by atoms with van der Waals surface area (Å²) < 4.78 is 29.3. The van der Waals surface area contributed by atoms with E-state index in [0.29, 0.717) is 24.8 Å². The Labute approximate surface area is 270 Å². The molecule has 250 valence electrons. The largest absolute Gasteiger partial charge is 0.387 e. The van der Waals surface area contributed by atoms with Gasteiger partial charge in [0.05, 0.1) is 12.0 Å². The third-order valence-corrected chi connectivity index (χ3v) is 10.1. The average Bonchev–Trinajstić information content (AvgIpc) is 3.52. The summed E-state index contributed by atoms with van der Waals surface area (Å²) in [5.74, 6) is -3.46. The monoisotopic (exact) mass is 638 g/mol. The maximum absolute atomic E-state index is 15.0. The molecular formula is C37H48F2N2O5. The van der Waals surface area contributed by atoms with E-state index < -0.39 is 47.6 Å². The Hall–Kier alpha value is -3.30. The van der Waals surface area contributed by atoms with Crippen molar-refractivity contribution < 1.29 is 33.1 Å². The zero-order chi connectivity index (χ0) is 33.8. The van der Waals surface area contributed by atoms with E-state index in [-0.39, 0.29) is 73.2 Å². The van der Waals surface area contributed by atoms with Crippen molar-refractivity contribution in [3.8, 4) is 0 Å². The molecular weight excluding hydrogens is 590 g/mol. The molecule has 2 aliphatic rings. The molecule has 0 saturated heterocycles. The van der Waals surface area contributed by atoms with Crippen molar-refractivity contribution in [1.82, 2.24) is 4.90 Å². The van der Waals surface area contributed by atoms with E-state index in [2.05, 4.69) is 0 Å². The number of benzene rings is 2. The fourth-order valence-corrected chi connectivity index (χ4v) is 7.89. The van der Waals surface area contributed by atoms with Gasteiger partial charge in [-0.3, -0.25) is 19.2 Å². The summed E-state index contributed by atoms with van der Waals surface area (Å²) >= 11 is 0. The molecule has 2 aromatic rings. The van der Waals surface area contributed by atoms with Gasteiger partial charge in [-0.2, -0.15) is 0 Å². The van der Waals surface area contributed by atoms with Crippen LogP contribution in [0.3, 0.4) is 0 Å². The van der Waals surface area contributed by atoms with E-state index >= 15 is 4.39 Å². The van der Waals surface area contributed by atoms with Gasteiger partial charge in [-0.25, -0.2) is 8.78 Å². The van der Waals surface area contributed by atoms with Crippen molar-refractivity contribution in [2.75, 3.05) is 13.2 Å². The van der Waals surface area contributed by atoms with Crippen LogP contribution < -0.4 is 5.73 Å². The number of Topliss-reactive ketones (excluding diaryl/α,β-unsaturated/α-hetero) is 3. The number of hydrogen-bond acceptors (Lipinski definition) is 6. The highest BCUT2D eigenvalue weighted by Gasteiger charge is 2.47. The highest BCUT2D eigenvalue weighted by Crippen LogP contribution is 2.50. The van der Waals surface area contributed by atoms with Crippen LogP contribution in [0.2, 0.25) is 0 Å². The molecule has 7 nitrogen and oxygen atoms in total. The molecule has 0 heterocycles. The fourth-order valence-electron chi connectivity index (χ4n) is 7.89. The maximum Gasteiger partial charge on any atom is 0.248 e. The molecule has 2 aromatic carbocycles. The number of nitrogens with zero attached hydrogens (tertiary/aromatic N) is 1. The molecule has 0 aromatic heterocycles. The Bertz CT molecular complexity index is 1410. The van der Waals surface area contributed by atoms with Gasteiger partial charge in [-0.15, -0.1) is 0 Å². The first kappa shape index (κ1) is 35.6.